The second-order valence-corrected chi connectivity index (χ2v) is 9.20. The van der Waals surface area contributed by atoms with E-state index in [-0.39, 0.29) is 5.78 Å². The van der Waals surface area contributed by atoms with Gasteiger partial charge in [0, 0.05) is 5.56 Å². The van der Waals surface area contributed by atoms with E-state index in [4.69, 9.17) is 14.2 Å². The Hall–Kier alpha value is -5.16. The summed E-state index contributed by atoms with van der Waals surface area (Å²) in [5.41, 5.74) is 4.19. The number of benzene rings is 5. The highest BCUT2D eigenvalue weighted by molar-refractivity contribution is 6.10. The van der Waals surface area contributed by atoms with E-state index >= 15 is 0 Å². The summed E-state index contributed by atoms with van der Waals surface area (Å²) in [5.74, 6) is 1.09. The van der Waals surface area contributed by atoms with Crippen molar-refractivity contribution in [2.45, 2.75) is 19.6 Å². The van der Waals surface area contributed by atoms with Crippen molar-refractivity contribution in [2.24, 2.45) is 0 Å². The average molecular weight is 529 g/mol. The number of ether oxygens (including phenoxy) is 3. The highest BCUT2D eigenvalue weighted by Crippen LogP contribution is 2.26. The third-order valence-electron chi connectivity index (χ3n) is 6.31. The highest BCUT2D eigenvalue weighted by Gasteiger charge is 2.17. The van der Waals surface area contributed by atoms with E-state index in [0.29, 0.717) is 35.0 Å². The van der Waals surface area contributed by atoms with Gasteiger partial charge in [-0.05, 0) is 60.0 Å². The van der Waals surface area contributed by atoms with Crippen molar-refractivity contribution in [2.75, 3.05) is 0 Å². The van der Waals surface area contributed by atoms with Gasteiger partial charge in [0.2, 0.25) is 0 Å². The van der Waals surface area contributed by atoms with Crippen LogP contribution in [-0.2, 0) is 11.4 Å². The maximum atomic E-state index is 13.0. The van der Waals surface area contributed by atoms with E-state index in [2.05, 4.69) is 0 Å². The van der Waals surface area contributed by atoms with E-state index in [1.54, 1.807) is 49.4 Å². The van der Waals surface area contributed by atoms with Crippen LogP contribution in [0.1, 0.15) is 28.4 Å². The van der Waals surface area contributed by atoms with Gasteiger partial charge in [-0.15, -0.1) is 0 Å². The number of para-hydroxylation sites is 2. The van der Waals surface area contributed by atoms with Crippen LogP contribution < -0.4 is 14.2 Å². The predicted molar refractivity (Wildman–Crippen MR) is 155 cm³/mol. The van der Waals surface area contributed by atoms with Crippen molar-refractivity contribution in [3.63, 3.8) is 0 Å². The smallest absolute Gasteiger partial charge is 0.352 e. The fraction of sp³-hybridized carbons (Fsp3) is 0.0857. The standard InChI is InChI=1S/C35H28O5/c1-25(35(37)40-30-12-6-3-7-13-30)39-31-22-20-28(21-23-31)27-18-16-26(17-19-27)24-38-33-15-9-8-14-32(33)34(36)29-10-4-2-5-11-29/h2-23,25H,24H2,1H3. The number of carbonyl (C=O) groups is 2. The molecule has 5 rings (SSSR count). The highest BCUT2D eigenvalue weighted by atomic mass is 16.6. The van der Waals surface area contributed by atoms with Crippen LogP contribution >= 0.6 is 0 Å². The molecule has 0 radical (unpaired) electrons. The molecule has 0 bridgehead atoms. The Morgan fingerprint density at radius 2 is 1.20 bits per heavy atom. The Bertz CT molecular complexity index is 1560. The van der Waals surface area contributed by atoms with Crippen LogP contribution in [-0.4, -0.2) is 17.9 Å². The Balaban J connectivity index is 1.18. The lowest BCUT2D eigenvalue weighted by atomic mass is 10.0. The zero-order valence-electron chi connectivity index (χ0n) is 22.0. The second-order valence-electron chi connectivity index (χ2n) is 9.20. The van der Waals surface area contributed by atoms with Crippen LogP contribution in [0.2, 0.25) is 0 Å². The number of esters is 1. The largest absolute Gasteiger partial charge is 0.488 e. The molecule has 0 aliphatic heterocycles. The molecule has 0 saturated heterocycles. The maximum Gasteiger partial charge on any atom is 0.352 e. The van der Waals surface area contributed by atoms with Crippen LogP contribution in [0.4, 0.5) is 0 Å². The van der Waals surface area contributed by atoms with Crippen molar-refractivity contribution in [3.8, 4) is 28.4 Å². The molecule has 198 valence electrons. The molecule has 0 amide bonds. The lowest BCUT2D eigenvalue weighted by molar-refractivity contribution is -0.141. The van der Waals surface area contributed by atoms with Crippen molar-refractivity contribution in [1.82, 2.24) is 0 Å². The third kappa shape index (κ3) is 6.63. The normalized spacial score (nSPS) is 11.3. The summed E-state index contributed by atoms with van der Waals surface area (Å²) in [6.45, 7) is 2.00. The van der Waals surface area contributed by atoms with E-state index in [9.17, 15) is 9.59 Å². The van der Waals surface area contributed by atoms with Crippen molar-refractivity contribution in [3.05, 3.63) is 150 Å². The van der Waals surface area contributed by atoms with E-state index in [0.717, 1.165) is 16.7 Å². The van der Waals surface area contributed by atoms with Gasteiger partial charge in [0.05, 0.1) is 5.56 Å². The minimum Gasteiger partial charge on any atom is -0.488 e. The molecule has 1 unspecified atom stereocenters. The molecular weight excluding hydrogens is 500 g/mol. The van der Waals surface area contributed by atoms with Crippen LogP contribution in [0.5, 0.6) is 17.2 Å². The Kier molecular flexibility index (Phi) is 8.32. The first kappa shape index (κ1) is 26.4. The van der Waals surface area contributed by atoms with Gasteiger partial charge in [0.25, 0.3) is 0 Å². The summed E-state index contributed by atoms with van der Waals surface area (Å²) in [5, 5.41) is 0. The van der Waals surface area contributed by atoms with E-state index < -0.39 is 12.1 Å². The van der Waals surface area contributed by atoms with Crippen molar-refractivity contribution in [1.29, 1.82) is 0 Å². The fourth-order valence-corrected chi connectivity index (χ4v) is 4.15. The SMILES string of the molecule is CC(Oc1ccc(-c2ccc(COc3ccccc3C(=O)c3ccccc3)cc2)cc1)C(=O)Oc1ccccc1. The lowest BCUT2D eigenvalue weighted by Gasteiger charge is -2.14. The zero-order valence-corrected chi connectivity index (χ0v) is 22.0. The molecule has 0 N–H and O–H groups in total. The first-order valence-electron chi connectivity index (χ1n) is 13.0. The minimum absolute atomic E-state index is 0.0681. The van der Waals surface area contributed by atoms with Crippen LogP contribution in [0.25, 0.3) is 11.1 Å². The van der Waals surface area contributed by atoms with Crippen LogP contribution in [0.3, 0.4) is 0 Å². The summed E-state index contributed by atoms with van der Waals surface area (Å²) >= 11 is 0. The van der Waals surface area contributed by atoms with Gasteiger partial charge >= 0.3 is 5.97 Å². The lowest BCUT2D eigenvalue weighted by Crippen LogP contribution is -2.28. The molecule has 5 aromatic carbocycles. The Morgan fingerprint density at radius 1 is 0.625 bits per heavy atom. The van der Waals surface area contributed by atoms with Gasteiger partial charge in [-0.2, -0.15) is 0 Å². The monoisotopic (exact) mass is 528 g/mol. The van der Waals surface area contributed by atoms with Gasteiger partial charge in [0.15, 0.2) is 11.9 Å². The molecule has 5 aromatic rings. The number of ketones is 1. The summed E-state index contributed by atoms with van der Waals surface area (Å²) in [6, 6.07) is 41.0. The molecule has 0 spiro atoms. The molecule has 0 aliphatic carbocycles. The summed E-state index contributed by atoms with van der Waals surface area (Å²) in [4.78, 5) is 25.3. The number of hydrogen-bond acceptors (Lipinski definition) is 5. The molecular formula is C35H28O5. The third-order valence-corrected chi connectivity index (χ3v) is 6.31. The van der Waals surface area contributed by atoms with Gasteiger partial charge in [0.1, 0.15) is 23.9 Å². The number of carbonyl (C=O) groups excluding carboxylic acids is 2. The second kappa shape index (κ2) is 12.6. The van der Waals surface area contributed by atoms with E-state index in [1.165, 1.54) is 0 Å². The maximum absolute atomic E-state index is 13.0. The van der Waals surface area contributed by atoms with Gasteiger partial charge < -0.3 is 14.2 Å². The average Bonchev–Trinajstić information content (AvgIpc) is 3.01. The van der Waals surface area contributed by atoms with Gasteiger partial charge in [-0.1, -0.05) is 97.1 Å². The molecule has 40 heavy (non-hydrogen) atoms. The molecule has 0 saturated carbocycles. The topological polar surface area (TPSA) is 61.8 Å². The number of rotatable bonds is 10. The van der Waals surface area contributed by atoms with Crippen LogP contribution in [0, 0.1) is 0 Å². The minimum atomic E-state index is -0.751. The molecule has 5 heteroatoms. The molecule has 0 aromatic heterocycles. The number of hydrogen-bond donors (Lipinski definition) is 0. The zero-order chi connectivity index (χ0) is 27.7. The molecule has 1 atom stereocenters. The first-order chi connectivity index (χ1) is 19.6. The van der Waals surface area contributed by atoms with Crippen LogP contribution in [0.15, 0.2) is 133 Å². The first-order valence-corrected chi connectivity index (χ1v) is 13.0. The van der Waals surface area contributed by atoms with E-state index in [1.807, 2.05) is 91.0 Å². The molecule has 0 aliphatic rings. The fourth-order valence-electron chi connectivity index (χ4n) is 4.15. The summed E-state index contributed by atoms with van der Waals surface area (Å²) in [7, 11) is 0. The Morgan fingerprint density at radius 3 is 1.88 bits per heavy atom. The quantitative estimate of drug-likeness (QED) is 0.106. The predicted octanol–water partition coefficient (Wildman–Crippen LogP) is 7.54. The molecule has 5 nitrogen and oxygen atoms in total. The summed E-state index contributed by atoms with van der Waals surface area (Å²) in [6.07, 6.45) is -0.751. The summed E-state index contributed by atoms with van der Waals surface area (Å²) < 4.78 is 17.2. The molecule has 0 fully saturated rings. The Labute approximate surface area is 233 Å². The van der Waals surface area contributed by atoms with Gasteiger partial charge in [-0.3, -0.25) is 4.79 Å². The van der Waals surface area contributed by atoms with Gasteiger partial charge in [-0.25, -0.2) is 4.79 Å². The molecule has 0 heterocycles. The van der Waals surface area contributed by atoms with Crippen molar-refractivity contribution >= 4 is 11.8 Å². The van der Waals surface area contributed by atoms with Crippen molar-refractivity contribution < 1.29 is 23.8 Å².